The first-order valence-electron chi connectivity index (χ1n) is 9.39. The minimum Gasteiger partial charge on any atom is -0.354 e. The molecule has 0 radical (unpaired) electrons. The molecule has 0 bridgehead atoms. The second-order valence-electron chi connectivity index (χ2n) is 7.51. The first-order valence-corrected chi connectivity index (χ1v) is 10.2. The summed E-state index contributed by atoms with van der Waals surface area (Å²) in [5.74, 6) is 2.78. The fourth-order valence-corrected chi connectivity index (χ4v) is 4.42. The molecule has 7 nitrogen and oxygen atoms in total. The Bertz CT molecular complexity index is 698. The van der Waals surface area contributed by atoms with Gasteiger partial charge >= 0.3 is 0 Å². The molecule has 0 spiro atoms. The molecule has 0 N–H and O–H groups in total. The molecule has 1 aliphatic heterocycles. The Morgan fingerprint density at radius 2 is 1.88 bits per heavy atom. The van der Waals surface area contributed by atoms with Gasteiger partial charge in [0.2, 0.25) is 0 Å². The van der Waals surface area contributed by atoms with Gasteiger partial charge in [0.05, 0.1) is 6.54 Å². The highest BCUT2D eigenvalue weighted by atomic mass is 32.1. The molecular formula is C18H31N7S. The maximum atomic E-state index is 4.55. The van der Waals surface area contributed by atoms with E-state index in [-0.39, 0.29) is 0 Å². The highest BCUT2D eigenvalue weighted by molar-refractivity contribution is 7.15. The van der Waals surface area contributed by atoms with Gasteiger partial charge in [0.25, 0.3) is 0 Å². The van der Waals surface area contributed by atoms with Crippen LogP contribution in [-0.2, 0) is 19.6 Å². The number of aromatic nitrogens is 4. The SMILES string of the molecule is CCn1c(CN(C)C)nnc1C1CCN(Cc2cnc(N(C)C)s2)CC1. The number of hydrogen-bond donors (Lipinski definition) is 0. The van der Waals surface area contributed by atoms with Crippen molar-refractivity contribution in [3.8, 4) is 0 Å². The molecule has 1 aliphatic rings. The van der Waals surface area contributed by atoms with Gasteiger partial charge in [-0.1, -0.05) is 0 Å². The number of nitrogens with zero attached hydrogens (tertiary/aromatic N) is 7. The number of hydrogen-bond acceptors (Lipinski definition) is 7. The molecule has 144 valence electrons. The number of anilines is 1. The summed E-state index contributed by atoms with van der Waals surface area (Å²) < 4.78 is 2.31. The standard InChI is InChI=1S/C18H31N7S/c1-6-25-16(13-22(2)3)20-21-17(25)14-7-9-24(10-8-14)12-15-11-19-18(26-15)23(4)5/h11,14H,6-10,12-13H2,1-5H3. The van der Waals surface area contributed by atoms with Gasteiger partial charge in [-0.25, -0.2) is 4.98 Å². The highest BCUT2D eigenvalue weighted by Gasteiger charge is 2.26. The molecule has 0 aromatic carbocycles. The van der Waals surface area contributed by atoms with Gasteiger partial charge in [0, 0.05) is 44.2 Å². The summed E-state index contributed by atoms with van der Waals surface area (Å²) in [6.07, 6.45) is 4.33. The smallest absolute Gasteiger partial charge is 0.185 e. The Balaban J connectivity index is 1.59. The zero-order valence-electron chi connectivity index (χ0n) is 16.6. The van der Waals surface area contributed by atoms with Crippen molar-refractivity contribution in [3.05, 3.63) is 22.7 Å². The predicted octanol–water partition coefficient (Wildman–Crippen LogP) is 2.26. The molecule has 3 heterocycles. The van der Waals surface area contributed by atoms with Crippen LogP contribution in [0.5, 0.6) is 0 Å². The zero-order chi connectivity index (χ0) is 18.7. The largest absolute Gasteiger partial charge is 0.354 e. The molecule has 1 fully saturated rings. The molecule has 3 rings (SSSR count). The van der Waals surface area contributed by atoms with Gasteiger partial charge in [0.1, 0.15) is 11.6 Å². The number of likely N-dealkylation sites (tertiary alicyclic amines) is 1. The fourth-order valence-electron chi connectivity index (χ4n) is 3.54. The van der Waals surface area contributed by atoms with E-state index in [1.807, 2.05) is 20.3 Å². The topological polar surface area (TPSA) is 53.3 Å². The van der Waals surface area contributed by atoms with Gasteiger partial charge in [-0.05, 0) is 47.0 Å². The van der Waals surface area contributed by atoms with Crippen LogP contribution in [-0.4, -0.2) is 70.8 Å². The predicted molar refractivity (Wildman–Crippen MR) is 107 cm³/mol. The first-order chi connectivity index (χ1) is 12.5. The van der Waals surface area contributed by atoms with E-state index in [4.69, 9.17) is 0 Å². The van der Waals surface area contributed by atoms with E-state index < -0.39 is 0 Å². The molecule has 0 saturated carbocycles. The van der Waals surface area contributed by atoms with Gasteiger partial charge in [-0.15, -0.1) is 21.5 Å². The summed E-state index contributed by atoms with van der Waals surface area (Å²) in [6.45, 7) is 7.20. The van der Waals surface area contributed by atoms with Gasteiger partial charge in [0.15, 0.2) is 5.13 Å². The number of thiazole rings is 1. The normalized spacial score (nSPS) is 16.5. The van der Waals surface area contributed by atoms with E-state index in [1.165, 1.54) is 10.7 Å². The van der Waals surface area contributed by atoms with Crippen LogP contribution in [0.3, 0.4) is 0 Å². The molecule has 8 heteroatoms. The van der Waals surface area contributed by atoms with Crippen molar-refractivity contribution in [3.63, 3.8) is 0 Å². The maximum Gasteiger partial charge on any atom is 0.185 e. The molecular weight excluding hydrogens is 346 g/mol. The Morgan fingerprint density at radius 1 is 1.15 bits per heavy atom. The Labute approximate surface area is 160 Å². The third-order valence-corrected chi connectivity index (χ3v) is 6.04. The highest BCUT2D eigenvalue weighted by Crippen LogP contribution is 2.29. The van der Waals surface area contributed by atoms with Crippen LogP contribution in [0.4, 0.5) is 5.13 Å². The summed E-state index contributed by atoms with van der Waals surface area (Å²) in [7, 11) is 8.24. The summed E-state index contributed by atoms with van der Waals surface area (Å²) in [4.78, 5) is 12.6. The van der Waals surface area contributed by atoms with Crippen molar-refractivity contribution in [1.29, 1.82) is 0 Å². The van der Waals surface area contributed by atoms with Crippen molar-refractivity contribution < 1.29 is 0 Å². The molecule has 0 amide bonds. The van der Waals surface area contributed by atoms with Crippen molar-refractivity contribution in [2.45, 2.75) is 45.3 Å². The fraction of sp³-hybridized carbons (Fsp3) is 0.722. The van der Waals surface area contributed by atoms with E-state index in [1.54, 1.807) is 11.3 Å². The van der Waals surface area contributed by atoms with Crippen molar-refractivity contribution in [1.82, 2.24) is 29.5 Å². The number of piperidine rings is 1. The molecule has 2 aromatic rings. The van der Waals surface area contributed by atoms with Crippen molar-refractivity contribution >= 4 is 16.5 Å². The first kappa shape index (κ1) is 19.3. The second kappa shape index (κ2) is 8.45. The molecule has 1 saturated heterocycles. The van der Waals surface area contributed by atoms with Crippen LogP contribution in [0.2, 0.25) is 0 Å². The molecule has 2 aromatic heterocycles. The average Bonchev–Trinajstić information content (AvgIpc) is 3.22. The lowest BCUT2D eigenvalue weighted by Gasteiger charge is -2.31. The summed E-state index contributed by atoms with van der Waals surface area (Å²) in [5.41, 5.74) is 0. The average molecular weight is 378 g/mol. The molecule has 0 aliphatic carbocycles. The lowest BCUT2D eigenvalue weighted by Crippen LogP contribution is -2.33. The van der Waals surface area contributed by atoms with E-state index in [9.17, 15) is 0 Å². The Morgan fingerprint density at radius 3 is 2.46 bits per heavy atom. The van der Waals surface area contributed by atoms with Crippen LogP contribution < -0.4 is 4.90 Å². The van der Waals surface area contributed by atoms with E-state index in [0.717, 1.165) is 56.5 Å². The minimum atomic E-state index is 0.522. The van der Waals surface area contributed by atoms with Crippen LogP contribution >= 0.6 is 11.3 Å². The van der Waals surface area contributed by atoms with E-state index >= 15 is 0 Å². The molecule has 0 atom stereocenters. The maximum absolute atomic E-state index is 4.55. The van der Waals surface area contributed by atoms with Crippen molar-refractivity contribution in [2.24, 2.45) is 0 Å². The Hall–Kier alpha value is -1.51. The van der Waals surface area contributed by atoms with E-state index in [2.05, 4.69) is 55.5 Å². The molecule has 26 heavy (non-hydrogen) atoms. The monoisotopic (exact) mass is 377 g/mol. The van der Waals surface area contributed by atoms with Crippen LogP contribution in [0, 0.1) is 0 Å². The van der Waals surface area contributed by atoms with Crippen molar-refractivity contribution in [2.75, 3.05) is 46.2 Å². The van der Waals surface area contributed by atoms with Gasteiger partial charge < -0.3 is 14.4 Å². The summed E-state index contributed by atoms with van der Waals surface area (Å²) in [6, 6.07) is 0. The zero-order valence-corrected chi connectivity index (χ0v) is 17.5. The van der Waals surface area contributed by atoms with Crippen LogP contribution in [0.15, 0.2) is 6.20 Å². The lowest BCUT2D eigenvalue weighted by atomic mass is 9.96. The molecule has 0 unspecified atom stereocenters. The second-order valence-corrected chi connectivity index (χ2v) is 8.60. The summed E-state index contributed by atoms with van der Waals surface area (Å²) in [5, 5.41) is 10.1. The third kappa shape index (κ3) is 4.42. The van der Waals surface area contributed by atoms with Crippen LogP contribution in [0.1, 0.15) is 42.2 Å². The third-order valence-electron chi connectivity index (χ3n) is 4.89. The van der Waals surface area contributed by atoms with Gasteiger partial charge in [-0.3, -0.25) is 4.90 Å². The van der Waals surface area contributed by atoms with Gasteiger partial charge in [-0.2, -0.15) is 0 Å². The quantitative estimate of drug-likeness (QED) is 0.738. The minimum absolute atomic E-state index is 0.522. The number of rotatable bonds is 7. The van der Waals surface area contributed by atoms with Crippen LogP contribution in [0.25, 0.3) is 0 Å². The lowest BCUT2D eigenvalue weighted by molar-refractivity contribution is 0.201. The summed E-state index contributed by atoms with van der Waals surface area (Å²) >= 11 is 1.79. The van der Waals surface area contributed by atoms with E-state index in [0.29, 0.717) is 5.92 Å². The Kier molecular flexibility index (Phi) is 6.26.